The van der Waals surface area contributed by atoms with Gasteiger partial charge in [0, 0.05) is 18.9 Å². The van der Waals surface area contributed by atoms with E-state index >= 15 is 0 Å². The molecule has 6 nitrogen and oxygen atoms in total. The molecule has 0 saturated heterocycles. The van der Waals surface area contributed by atoms with Gasteiger partial charge < -0.3 is 14.5 Å². The van der Waals surface area contributed by atoms with Gasteiger partial charge in [-0.15, -0.1) is 10.2 Å². The Balaban J connectivity index is 1.64. The first-order valence-electron chi connectivity index (χ1n) is 7.01. The number of ether oxygens (including phenoxy) is 1. The molecule has 1 aromatic carbocycles. The van der Waals surface area contributed by atoms with Gasteiger partial charge in [-0.3, -0.25) is 4.79 Å². The van der Waals surface area contributed by atoms with E-state index in [0.717, 1.165) is 18.4 Å². The van der Waals surface area contributed by atoms with Gasteiger partial charge in [0.1, 0.15) is 5.75 Å². The Morgan fingerprint density at radius 1 is 1.38 bits per heavy atom. The van der Waals surface area contributed by atoms with Crippen molar-refractivity contribution in [3.8, 4) is 17.2 Å². The summed E-state index contributed by atoms with van der Waals surface area (Å²) < 4.78 is 10.9. The van der Waals surface area contributed by atoms with Crippen molar-refractivity contribution >= 4 is 5.91 Å². The van der Waals surface area contributed by atoms with Gasteiger partial charge >= 0.3 is 0 Å². The minimum absolute atomic E-state index is 0.0366. The highest BCUT2D eigenvalue weighted by atomic mass is 16.5. The molecule has 0 aliphatic heterocycles. The Morgan fingerprint density at radius 3 is 2.95 bits per heavy atom. The van der Waals surface area contributed by atoms with Crippen molar-refractivity contribution in [1.82, 2.24) is 15.5 Å². The molecular weight excluding hydrogens is 270 g/mol. The van der Waals surface area contributed by atoms with E-state index in [1.54, 1.807) is 7.11 Å². The van der Waals surface area contributed by atoms with Crippen LogP contribution in [0.1, 0.15) is 25.2 Å². The third-order valence-electron chi connectivity index (χ3n) is 3.31. The predicted molar refractivity (Wildman–Crippen MR) is 75.8 cm³/mol. The van der Waals surface area contributed by atoms with Crippen molar-refractivity contribution in [3.63, 3.8) is 0 Å². The Labute approximate surface area is 122 Å². The first-order chi connectivity index (χ1) is 10.3. The van der Waals surface area contributed by atoms with E-state index in [1.165, 1.54) is 0 Å². The van der Waals surface area contributed by atoms with E-state index in [4.69, 9.17) is 9.15 Å². The molecule has 1 aromatic heterocycles. The zero-order chi connectivity index (χ0) is 14.7. The minimum Gasteiger partial charge on any atom is -0.496 e. The number of hydrogen-bond donors (Lipinski definition) is 1. The van der Waals surface area contributed by atoms with Crippen LogP contribution in [0.2, 0.25) is 0 Å². The van der Waals surface area contributed by atoms with Crippen LogP contribution >= 0.6 is 0 Å². The Kier molecular flexibility index (Phi) is 3.85. The topological polar surface area (TPSA) is 77.2 Å². The molecule has 6 heteroatoms. The average Bonchev–Trinajstić information content (AvgIpc) is 3.19. The smallest absolute Gasteiger partial charge is 0.251 e. The fourth-order valence-electron chi connectivity index (χ4n) is 2.03. The van der Waals surface area contributed by atoms with Gasteiger partial charge in [0.05, 0.1) is 12.7 Å². The second-order valence-electron chi connectivity index (χ2n) is 5.04. The van der Waals surface area contributed by atoms with Gasteiger partial charge in [-0.2, -0.15) is 0 Å². The van der Waals surface area contributed by atoms with Crippen LogP contribution in [-0.4, -0.2) is 29.3 Å². The number of benzene rings is 1. The third kappa shape index (κ3) is 3.39. The lowest BCUT2D eigenvalue weighted by molar-refractivity contribution is -0.121. The molecule has 110 valence electrons. The maximum atomic E-state index is 11.6. The summed E-state index contributed by atoms with van der Waals surface area (Å²) in [5.41, 5.74) is 0.751. The molecular formula is C15H17N3O3. The molecule has 0 spiro atoms. The normalized spacial score (nSPS) is 14.0. The molecule has 0 atom stereocenters. The maximum Gasteiger partial charge on any atom is 0.251 e. The molecule has 1 aliphatic carbocycles. The van der Waals surface area contributed by atoms with Crippen LogP contribution in [0.5, 0.6) is 5.75 Å². The number of rotatable bonds is 6. The molecule has 1 N–H and O–H groups in total. The zero-order valence-electron chi connectivity index (χ0n) is 11.8. The largest absolute Gasteiger partial charge is 0.496 e. The summed E-state index contributed by atoms with van der Waals surface area (Å²) in [6, 6.07) is 7.83. The molecule has 3 rings (SSSR count). The summed E-state index contributed by atoms with van der Waals surface area (Å²) in [5.74, 6) is 1.58. The summed E-state index contributed by atoms with van der Waals surface area (Å²) >= 11 is 0. The van der Waals surface area contributed by atoms with Crippen LogP contribution in [0.4, 0.5) is 0 Å². The SMILES string of the molecule is COc1ccccc1-c1nnc(CCC(=O)NC2CC2)o1. The number of aromatic nitrogens is 2. The maximum absolute atomic E-state index is 11.6. The molecule has 1 saturated carbocycles. The average molecular weight is 287 g/mol. The quantitative estimate of drug-likeness (QED) is 0.878. The summed E-state index contributed by atoms with van der Waals surface area (Å²) in [6.07, 6.45) is 2.99. The second kappa shape index (κ2) is 5.95. The Bertz CT molecular complexity index is 635. The van der Waals surface area contributed by atoms with E-state index in [0.29, 0.717) is 36.4 Å². The van der Waals surface area contributed by atoms with Crippen LogP contribution in [0.15, 0.2) is 28.7 Å². The molecule has 0 unspecified atom stereocenters. The van der Waals surface area contributed by atoms with Gasteiger partial charge in [-0.05, 0) is 25.0 Å². The van der Waals surface area contributed by atoms with Crippen LogP contribution in [0.25, 0.3) is 11.5 Å². The number of carbonyl (C=O) groups is 1. The Hall–Kier alpha value is -2.37. The molecule has 2 aromatic rings. The van der Waals surface area contributed by atoms with Gasteiger partial charge in [0.25, 0.3) is 5.89 Å². The van der Waals surface area contributed by atoms with Crippen molar-refractivity contribution in [1.29, 1.82) is 0 Å². The van der Waals surface area contributed by atoms with Crippen molar-refractivity contribution in [2.75, 3.05) is 7.11 Å². The van der Waals surface area contributed by atoms with Gasteiger partial charge in [-0.1, -0.05) is 12.1 Å². The molecule has 1 amide bonds. The predicted octanol–water partition coefficient (Wildman–Crippen LogP) is 1.96. The molecule has 1 fully saturated rings. The van der Waals surface area contributed by atoms with Crippen LogP contribution < -0.4 is 10.1 Å². The number of aryl methyl sites for hydroxylation is 1. The van der Waals surface area contributed by atoms with E-state index in [-0.39, 0.29) is 5.91 Å². The van der Waals surface area contributed by atoms with Crippen molar-refractivity contribution in [2.24, 2.45) is 0 Å². The zero-order valence-corrected chi connectivity index (χ0v) is 11.8. The molecule has 1 aliphatic rings. The van der Waals surface area contributed by atoms with Crippen molar-refractivity contribution < 1.29 is 13.9 Å². The van der Waals surface area contributed by atoms with Crippen LogP contribution in [0.3, 0.4) is 0 Å². The van der Waals surface area contributed by atoms with Gasteiger partial charge in [0.2, 0.25) is 11.8 Å². The summed E-state index contributed by atoms with van der Waals surface area (Å²) in [5, 5.41) is 10.9. The molecule has 0 radical (unpaired) electrons. The number of nitrogens with one attached hydrogen (secondary N) is 1. The lowest BCUT2D eigenvalue weighted by Gasteiger charge is -2.03. The van der Waals surface area contributed by atoms with Crippen molar-refractivity contribution in [3.05, 3.63) is 30.2 Å². The second-order valence-corrected chi connectivity index (χ2v) is 5.04. The fourth-order valence-corrected chi connectivity index (χ4v) is 2.03. The van der Waals surface area contributed by atoms with Crippen molar-refractivity contribution in [2.45, 2.75) is 31.7 Å². The van der Waals surface area contributed by atoms with E-state index in [9.17, 15) is 4.79 Å². The highest BCUT2D eigenvalue weighted by Crippen LogP contribution is 2.28. The highest BCUT2D eigenvalue weighted by Gasteiger charge is 2.23. The number of nitrogens with zero attached hydrogens (tertiary/aromatic N) is 2. The van der Waals surface area contributed by atoms with Crippen LogP contribution in [0, 0.1) is 0 Å². The highest BCUT2D eigenvalue weighted by molar-refractivity contribution is 5.76. The monoisotopic (exact) mass is 287 g/mol. The molecule has 1 heterocycles. The molecule has 0 bridgehead atoms. The molecule has 21 heavy (non-hydrogen) atoms. The number of carbonyl (C=O) groups excluding carboxylic acids is 1. The number of hydrogen-bond acceptors (Lipinski definition) is 5. The fraction of sp³-hybridized carbons (Fsp3) is 0.400. The summed E-state index contributed by atoms with van der Waals surface area (Å²) in [4.78, 5) is 11.6. The number of para-hydroxylation sites is 1. The Morgan fingerprint density at radius 2 is 2.19 bits per heavy atom. The number of methoxy groups -OCH3 is 1. The standard InChI is InChI=1S/C15H17N3O3/c1-20-12-5-3-2-4-11(12)15-18-17-14(21-15)9-8-13(19)16-10-6-7-10/h2-5,10H,6-9H2,1H3,(H,16,19). The van der Waals surface area contributed by atoms with E-state index in [1.807, 2.05) is 24.3 Å². The number of amides is 1. The summed E-state index contributed by atoms with van der Waals surface area (Å²) in [7, 11) is 1.60. The van der Waals surface area contributed by atoms with E-state index < -0.39 is 0 Å². The van der Waals surface area contributed by atoms with E-state index in [2.05, 4.69) is 15.5 Å². The summed E-state index contributed by atoms with van der Waals surface area (Å²) in [6.45, 7) is 0. The van der Waals surface area contributed by atoms with Gasteiger partial charge in [0.15, 0.2) is 0 Å². The minimum atomic E-state index is 0.0366. The lowest BCUT2D eigenvalue weighted by Crippen LogP contribution is -2.25. The van der Waals surface area contributed by atoms with Crippen LogP contribution in [-0.2, 0) is 11.2 Å². The third-order valence-corrected chi connectivity index (χ3v) is 3.31. The first kappa shape index (κ1) is 13.6. The van der Waals surface area contributed by atoms with Gasteiger partial charge in [-0.25, -0.2) is 0 Å². The first-order valence-corrected chi connectivity index (χ1v) is 7.01. The lowest BCUT2D eigenvalue weighted by atomic mass is 10.2.